The molecule has 0 unspecified atom stereocenters. The molecule has 1 amide bonds. The molecule has 0 aliphatic carbocycles. The Bertz CT molecular complexity index is 508. The maximum Gasteiger partial charge on any atom is 0.263 e. The fraction of sp³-hybridized carbons (Fsp3) is 0.417. The van der Waals surface area contributed by atoms with Gasteiger partial charge in [0, 0.05) is 7.05 Å². The number of amides is 1. The molecule has 0 aliphatic rings. The third-order valence-electron chi connectivity index (χ3n) is 2.66. The fourth-order valence-corrected chi connectivity index (χ4v) is 2.16. The minimum Gasteiger partial charge on any atom is -0.320 e. The molecule has 7 heteroatoms. The monoisotopic (exact) mass is 286 g/mol. The number of hydrogen-bond acceptors (Lipinski definition) is 5. The first-order chi connectivity index (χ1) is 8.93. The van der Waals surface area contributed by atoms with E-state index in [1.165, 1.54) is 14.2 Å². The van der Waals surface area contributed by atoms with Crippen LogP contribution in [0, 0.1) is 0 Å². The third kappa shape index (κ3) is 4.98. The predicted molar refractivity (Wildman–Crippen MR) is 71.9 cm³/mol. The standard InChI is InChI=1S/C12H18N2O4S/c1-14(18-2)12(15)11(13)7-9-4-3-5-10(6-9)8-19(16)17/h3-6,11,19H,7-8,13H2,1-2H3/t11-/m0/s1. The Balaban J connectivity index is 2.74. The second-order valence-corrected chi connectivity index (χ2v) is 5.12. The average molecular weight is 286 g/mol. The van der Waals surface area contributed by atoms with E-state index in [9.17, 15) is 13.2 Å². The highest BCUT2D eigenvalue weighted by atomic mass is 32.2. The molecule has 1 atom stereocenters. The normalized spacial score (nSPS) is 12.4. The van der Waals surface area contributed by atoms with Crippen LogP contribution in [0.15, 0.2) is 24.3 Å². The summed E-state index contributed by atoms with van der Waals surface area (Å²) in [6.45, 7) is 0. The molecule has 0 radical (unpaired) electrons. The van der Waals surface area contributed by atoms with Gasteiger partial charge in [-0.3, -0.25) is 9.63 Å². The van der Waals surface area contributed by atoms with Gasteiger partial charge in [-0.1, -0.05) is 24.3 Å². The fourth-order valence-electron chi connectivity index (χ4n) is 1.67. The van der Waals surface area contributed by atoms with Crippen LogP contribution in [0.2, 0.25) is 0 Å². The number of carbonyl (C=O) groups is 1. The first-order valence-electron chi connectivity index (χ1n) is 5.71. The van der Waals surface area contributed by atoms with Gasteiger partial charge in [-0.2, -0.15) is 0 Å². The summed E-state index contributed by atoms with van der Waals surface area (Å²) in [6.07, 6.45) is 0.329. The topological polar surface area (TPSA) is 89.7 Å². The van der Waals surface area contributed by atoms with E-state index in [4.69, 9.17) is 10.6 Å². The van der Waals surface area contributed by atoms with Crippen molar-refractivity contribution in [2.24, 2.45) is 5.73 Å². The number of benzene rings is 1. The van der Waals surface area contributed by atoms with Crippen molar-refractivity contribution in [2.45, 2.75) is 18.2 Å². The van der Waals surface area contributed by atoms with Gasteiger partial charge in [0.05, 0.1) is 18.9 Å². The SMILES string of the molecule is CON(C)C(=O)[C@@H](N)Cc1cccc(C[SH](=O)=O)c1. The molecule has 19 heavy (non-hydrogen) atoms. The third-order valence-corrected chi connectivity index (χ3v) is 3.28. The van der Waals surface area contributed by atoms with Crippen LogP contribution in [-0.2, 0) is 32.5 Å². The minimum atomic E-state index is -2.46. The molecule has 0 spiro atoms. The molecule has 6 nitrogen and oxygen atoms in total. The molecule has 1 rings (SSSR count). The molecule has 0 aromatic heterocycles. The maximum atomic E-state index is 11.7. The van der Waals surface area contributed by atoms with Crippen molar-refractivity contribution in [1.29, 1.82) is 0 Å². The number of hydrogen-bond donors (Lipinski definition) is 2. The van der Waals surface area contributed by atoms with Crippen molar-refractivity contribution in [3.05, 3.63) is 35.4 Å². The lowest BCUT2D eigenvalue weighted by Gasteiger charge is -2.18. The van der Waals surface area contributed by atoms with Crippen LogP contribution in [0.4, 0.5) is 0 Å². The highest BCUT2D eigenvalue weighted by Crippen LogP contribution is 2.09. The highest BCUT2D eigenvalue weighted by molar-refractivity contribution is 7.71. The average Bonchev–Trinajstić information content (AvgIpc) is 2.36. The van der Waals surface area contributed by atoms with Gasteiger partial charge in [0.1, 0.15) is 10.7 Å². The van der Waals surface area contributed by atoms with E-state index in [0.717, 1.165) is 10.6 Å². The van der Waals surface area contributed by atoms with E-state index in [-0.39, 0.29) is 11.7 Å². The van der Waals surface area contributed by atoms with Crippen LogP contribution in [-0.4, -0.2) is 39.6 Å². The van der Waals surface area contributed by atoms with Crippen LogP contribution < -0.4 is 5.73 Å². The summed E-state index contributed by atoms with van der Waals surface area (Å²) in [5.41, 5.74) is 7.29. The first-order valence-corrected chi connectivity index (χ1v) is 7.07. The number of nitrogens with zero attached hydrogens (tertiary/aromatic N) is 1. The zero-order chi connectivity index (χ0) is 14.4. The summed E-state index contributed by atoms with van der Waals surface area (Å²) in [5.74, 6) is -0.340. The number of thiol groups is 1. The van der Waals surface area contributed by atoms with Crippen LogP contribution in [0.25, 0.3) is 0 Å². The van der Waals surface area contributed by atoms with Crippen LogP contribution in [0.5, 0.6) is 0 Å². The summed E-state index contributed by atoms with van der Waals surface area (Å²) in [6, 6.07) is 6.30. The van der Waals surface area contributed by atoms with Crippen LogP contribution in [0.1, 0.15) is 11.1 Å². The quantitative estimate of drug-likeness (QED) is 0.553. The molecule has 0 saturated heterocycles. The Hall–Kier alpha value is -1.44. The Morgan fingerprint density at radius 1 is 1.42 bits per heavy atom. The minimum absolute atomic E-state index is 0.00959. The molecular formula is C12H18N2O4S. The van der Waals surface area contributed by atoms with Crippen molar-refractivity contribution < 1.29 is 18.0 Å². The molecule has 0 aliphatic heterocycles. The molecule has 1 aromatic carbocycles. The summed E-state index contributed by atoms with van der Waals surface area (Å²) in [4.78, 5) is 16.5. The van der Waals surface area contributed by atoms with Gasteiger partial charge in [0.2, 0.25) is 0 Å². The molecule has 2 N–H and O–H groups in total. The van der Waals surface area contributed by atoms with Crippen molar-refractivity contribution in [1.82, 2.24) is 5.06 Å². The molecule has 106 valence electrons. The van der Waals surface area contributed by atoms with Gasteiger partial charge < -0.3 is 5.73 Å². The number of likely N-dealkylation sites (N-methyl/N-ethyl adjacent to an activating group) is 1. The van der Waals surface area contributed by atoms with Gasteiger partial charge >= 0.3 is 0 Å². The van der Waals surface area contributed by atoms with E-state index >= 15 is 0 Å². The number of rotatable bonds is 6. The second kappa shape index (κ2) is 7.22. The molecule has 0 bridgehead atoms. The Morgan fingerprint density at radius 3 is 2.63 bits per heavy atom. The van der Waals surface area contributed by atoms with E-state index in [1.54, 1.807) is 24.3 Å². The summed E-state index contributed by atoms with van der Waals surface area (Å²) >= 11 is 0. The van der Waals surface area contributed by atoms with Crippen LogP contribution >= 0.6 is 0 Å². The summed E-state index contributed by atoms with van der Waals surface area (Å²) in [7, 11) is 0.410. The van der Waals surface area contributed by atoms with Crippen LogP contribution in [0.3, 0.4) is 0 Å². The van der Waals surface area contributed by atoms with Crippen molar-refractivity contribution >= 4 is 16.6 Å². The van der Waals surface area contributed by atoms with Crippen molar-refractivity contribution in [3.8, 4) is 0 Å². The molecule has 0 fully saturated rings. The molecule has 1 aromatic rings. The number of nitrogens with two attached hydrogens (primary N) is 1. The predicted octanol–water partition coefficient (Wildman–Crippen LogP) is -0.312. The molecular weight excluding hydrogens is 268 g/mol. The van der Waals surface area contributed by atoms with Crippen molar-refractivity contribution in [2.75, 3.05) is 14.2 Å². The lowest BCUT2D eigenvalue weighted by atomic mass is 10.0. The zero-order valence-electron chi connectivity index (χ0n) is 10.9. The molecule has 0 saturated carbocycles. The van der Waals surface area contributed by atoms with Gasteiger partial charge in [0.15, 0.2) is 0 Å². The van der Waals surface area contributed by atoms with E-state index in [1.807, 2.05) is 0 Å². The van der Waals surface area contributed by atoms with Gasteiger partial charge in [0.25, 0.3) is 5.91 Å². The van der Waals surface area contributed by atoms with Gasteiger partial charge in [-0.05, 0) is 17.5 Å². The van der Waals surface area contributed by atoms with E-state index < -0.39 is 16.7 Å². The summed E-state index contributed by atoms with van der Waals surface area (Å²) in [5, 5.41) is 1.07. The first kappa shape index (κ1) is 15.6. The smallest absolute Gasteiger partial charge is 0.263 e. The highest BCUT2D eigenvalue weighted by Gasteiger charge is 2.18. The maximum absolute atomic E-state index is 11.7. The van der Waals surface area contributed by atoms with Crippen molar-refractivity contribution in [3.63, 3.8) is 0 Å². The number of hydroxylamine groups is 2. The van der Waals surface area contributed by atoms with Gasteiger partial charge in [-0.15, -0.1) is 0 Å². The lowest BCUT2D eigenvalue weighted by Crippen LogP contribution is -2.42. The van der Waals surface area contributed by atoms with Gasteiger partial charge in [-0.25, -0.2) is 13.5 Å². The van der Waals surface area contributed by atoms with E-state index in [2.05, 4.69) is 0 Å². The Labute approximate surface area is 114 Å². The van der Waals surface area contributed by atoms with E-state index in [0.29, 0.717) is 12.0 Å². The summed E-state index contributed by atoms with van der Waals surface area (Å²) < 4.78 is 21.3. The molecule has 0 heterocycles. The Morgan fingerprint density at radius 2 is 2.05 bits per heavy atom. The zero-order valence-corrected chi connectivity index (χ0v) is 11.8. The largest absolute Gasteiger partial charge is 0.320 e. The number of carbonyl (C=O) groups excluding carboxylic acids is 1. The second-order valence-electron chi connectivity index (χ2n) is 4.14. The lowest BCUT2D eigenvalue weighted by molar-refractivity contribution is -0.170. The Kier molecular flexibility index (Phi) is 5.94.